The first-order chi connectivity index (χ1) is 5.99. The van der Waals surface area contributed by atoms with Crippen LogP contribution in [0.5, 0.6) is 0 Å². The van der Waals surface area contributed by atoms with Crippen LogP contribution in [0.25, 0.3) is 0 Å². The van der Waals surface area contributed by atoms with E-state index >= 15 is 0 Å². The van der Waals surface area contributed by atoms with Gasteiger partial charge in [-0.15, -0.1) is 0 Å². The van der Waals surface area contributed by atoms with Crippen LogP contribution >= 0.6 is 0 Å². The lowest BCUT2D eigenvalue weighted by Crippen LogP contribution is -2.43. The van der Waals surface area contributed by atoms with Gasteiger partial charge in [0.15, 0.2) is 0 Å². The van der Waals surface area contributed by atoms with Gasteiger partial charge in [-0.25, -0.2) is 0 Å². The zero-order valence-electron chi connectivity index (χ0n) is 7.68. The molecule has 0 aromatic carbocycles. The van der Waals surface area contributed by atoms with E-state index in [9.17, 15) is 15.0 Å². The summed E-state index contributed by atoms with van der Waals surface area (Å²) in [7, 11) is 0. The summed E-state index contributed by atoms with van der Waals surface area (Å²) in [5.74, 6) is -1.14. The van der Waals surface area contributed by atoms with Crippen molar-refractivity contribution in [3.63, 3.8) is 0 Å². The molecule has 13 heavy (non-hydrogen) atoms. The monoisotopic (exact) mass is 191 g/mol. The average molecular weight is 191 g/mol. The number of aliphatic hydroxyl groups excluding tert-OH is 2. The fraction of sp³-hybridized carbons (Fsp3) is 0.875. The lowest BCUT2D eigenvalue weighted by atomic mass is 10.0. The second-order valence-corrected chi connectivity index (χ2v) is 3.11. The summed E-state index contributed by atoms with van der Waals surface area (Å²) in [4.78, 5) is 10.2. The number of hydrogen-bond acceptors (Lipinski definition) is 4. The quantitative estimate of drug-likeness (QED) is 0.445. The van der Waals surface area contributed by atoms with Crippen LogP contribution in [0.15, 0.2) is 0 Å². The second-order valence-electron chi connectivity index (χ2n) is 3.11. The summed E-state index contributed by atoms with van der Waals surface area (Å²) < 4.78 is 0. The van der Waals surface area contributed by atoms with Gasteiger partial charge in [-0.3, -0.25) is 4.79 Å². The van der Waals surface area contributed by atoms with Gasteiger partial charge in [-0.05, 0) is 6.42 Å². The Morgan fingerprint density at radius 2 is 2.00 bits per heavy atom. The summed E-state index contributed by atoms with van der Waals surface area (Å²) >= 11 is 0. The summed E-state index contributed by atoms with van der Waals surface area (Å²) in [6.07, 6.45) is -1.55. The van der Waals surface area contributed by atoms with Gasteiger partial charge < -0.3 is 21.1 Å². The third-order valence-corrected chi connectivity index (χ3v) is 1.84. The Hall–Kier alpha value is -0.650. The van der Waals surface area contributed by atoms with Gasteiger partial charge in [-0.2, -0.15) is 0 Å². The van der Waals surface area contributed by atoms with E-state index in [1.54, 1.807) is 0 Å². The summed E-state index contributed by atoms with van der Waals surface area (Å²) in [6, 6.07) is -0.556. The molecule has 0 saturated heterocycles. The molecule has 0 fully saturated rings. The van der Waals surface area contributed by atoms with Gasteiger partial charge in [-0.1, -0.05) is 13.3 Å². The molecule has 5 N–H and O–H groups in total. The molecule has 0 aliphatic carbocycles. The highest BCUT2D eigenvalue weighted by atomic mass is 16.4. The minimum absolute atomic E-state index is 0.474. The van der Waals surface area contributed by atoms with E-state index in [2.05, 4.69) is 0 Å². The van der Waals surface area contributed by atoms with Gasteiger partial charge in [0.05, 0.1) is 18.6 Å². The van der Waals surface area contributed by atoms with E-state index in [1.165, 1.54) is 0 Å². The first kappa shape index (κ1) is 12.3. The molecule has 5 heteroatoms. The van der Waals surface area contributed by atoms with Crippen LogP contribution in [-0.2, 0) is 4.79 Å². The van der Waals surface area contributed by atoms with Gasteiger partial charge in [0.2, 0.25) is 0 Å². The highest BCUT2D eigenvalue weighted by Crippen LogP contribution is 2.06. The molecule has 0 heterocycles. The minimum atomic E-state index is -1.28. The summed E-state index contributed by atoms with van der Waals surface area (Å²) in [5, 5.41) is 26.8. The highest BCUT2D eigenvalue weighted by molar-refractivity contribution is 5.67. The van der Waals surface area contributed by atoms with Crippen molar-refractivity contribution in [3.8, 4) is 0 Å². The molecule has 0 aromatic heterocycles. The van der Waals surface area contributed by atoms with Crippen molar-refractivity contribution in [2.75, 3.05) is 0 Å². The van der Waals surface area contributed by atoms with Crippen molar-refractivity contribution in [2.24, 2.45) is 5.73 Å². The third-order valence-electron chi connectivity index (χ3n) is 1.84. The predicted molar refractivity (Wildman–Crippen MR) is 47.1 cm³/mol. The second kappa shape index (κ2) is 5.90. The van der Waals surface area contributed by atoms with Gasteiger partial charge in [0.25, 0.3) is 0 Å². The van der Waals surface area contributed by atoms with Gasteiger partial charge in [0, 0.05) is 6.04 Å². The van der Waals surface area contributed by atoms with Crippen molar-refractivity contribution in [2.45, 2.75) is 44.4 Å². The minimum Gasteiger partial charge on any atom is -0.481 e. The number of aliphatic hydroxyl groups is 2. The number of aliphatic carboxylic acids is 1. The maximum absolute atomic E-state index is 10.2. The number of hydrogen-bond donors (Lipinski definition) is 4. The zero-order valence-corrected chi connectivity index (χ0v) is 7.68. The SMILES string of the molecule is CCCC(N)C(O)C(O)CC(=O)O. The number of carbonyl (C=O) groups is 1. The molecule has 0 saturated carbocycles. The number of carboxylic acid groups (broad SMARTS) is 1. The van der Waals surface area contributed by atoms with Crippen molar-refractivity contribution in [1.29, 1.82) is 0 Å². The molecule has 0 amide bonds. The normalized spacial score (nSPS) is 17.8. The van der Waals surface area contributed by atoms with Gasteiger partial charge >= 0.3 is 5.97 Å². The maximum atomic E-state index is 10.2. The molecular weight excluding hydrogens is 174 g/mol. The van der Waals surface area contributed by atoms with Crippen molar-refractivity contribution >= 4 is 5.97 Å². The summed E-state index contributed by atoms with van der Waals surface area (Å²) in [5.41, 5.74) is 5.50. The molecule has 0 radical (unpaired) electrons. The smallest absolute Gasteiger partial charge is 0.306 e. The Morgan fingerprint density at radius 1 is 1.46 bits per heavy atom. The van der Waals surface area contributed by atoms with Crippen LogP contribution in [0.3, 0.4) is 0 Å². The molecular formula is C8H17NO4. The lowest BCUT2D eigenvalue weighted by molar-refractivity contribution is -0.141. The summed E-state index contributed by atoms with van der Waals surface area (Å²) in [6.45, 7) is 1.90. The standard InChI is InChI=1S/C8H17NO4/c1-2-3-5(9)8(13)6(10)4-7(11)12/h5-6,8,10,13H,2-4,9H2,1H3,(H,11,12). The molecule has 3 atom stereocenters. The van der Waals surface area contributed by atoms with Gasteiger partial charge in [0.1, 0.15) is 0 Å². The first-order valence-electron chi connectivity index (χ1n) is 4.32. The topological polar surface area (TPSA) is 104 Å². The van der Waals surface area contributed by atoms with Crippen molar-refractivity contribution in [1.82, 2.24) is 0 Å². The fourth-order valence-corrected chi connectivity index (χ4v) is 1.09. The Balaban J connectivity index is 3.92. The van der Waals surface area contributed by atoms with Crippen LogP contribution in [0, 0.1) is 0 Å². The highest BCUT2D eigenvalue weighted by Gasteiger charge is 2.24. The zero-order chi connectivity index (χ0) is 10.4. The molecule has 3 unspecified atom stereocenters. The van der Waals surface area contributed by atoms with Crippen LogP contribution < -0.4 is 5.73 Å². The van der Waals surface area contributed by atoms with E-state index in [0.717, 1.165) is 6.42 Å². The van der Waals surface area contributed by atoms with Crippen molar-refractivity contribution in [3.05, 3.63) is 0 Å². The Kier molecular flexibility index (Phi) is 5.61. The molecule has 0 bridgehead atoms. The van der Waals surface area contributed by atoms with Crippen LogP contribution in [0.4, 0.5) is 0 Å². The van der Waals surface area contributed by atoms with Crippen LogP contribution in [0.1, 0.15) is 26.2 Å². The molecule has 0 rings (SSSR count). The first-order valence-corrected chi connectivity index (χ1v) is 4.32. The lowest BCUT2D eigenvalue weighted by Gasteiger charge is -2.22. The van der Waals surface area contributed by atoms with Crippen LogP contribution in [0.2, 0.25) is 0 Å². The molecule has 0 aliphatic rings. The van der Waals surface area contributed by atoms with Crippen LogP contribution in [-0.4, -0.2) is 39.5 Å². The Bertz CT molecular complexity index is 162. The number of rotatable bonds is 6. The molecule has 5 nitrogen and oxygen atoms in total. The largest absolute Gasteiger partial charge is 0.481 e. The van der Waals surface area contributed by atoms with E-state index < -0.39 is 30.6 Å². The number of carboxylic acids is 1. The molecule has 0 spiro atoms. The Labute approximate surface area is 77.2 Å². The number of nitrogens with two attached hydrogens (primary N) is 1. The fourth-order valence-electron chi connectivity index (χ4n) is 1.09. The average Bonchev–Trinajstić information content (AvgIpc) is 2.02. The van der Waals surface area contributed by atoms with E-state index in [-0.39, 0.29) is 0 Å². The maximum Gasteiger partial charge on any atom is 0.306 e. The third kappa shape index (κ3) is 4.82. The predicted octanol–water partition coefficient (Wildman–Crippen LogP) is -0.690. The molecule has 0 aliphatic heterocycles. The van der Waals surface area contributed by atoms with E-state index in [4.69, 9.17) is 10.8 Å². The Morgan fingerprint density at radius 3 is 2.38 bits per heavy atom. The molecule has 0 aromatic rings. The van der Waals surface area contributed by atoms with Crippen molar-refractivity contribution < 1.29 is 20.1 Å². The van der Waals surface area contributed by atoms with E-state index in [0.29, 0.717) is 6.42 Å². The molecule has 78 valence electrons. The van der Waals surface area contributed by atoms with E-state index in [1.807, 2.05) is 6.92 Å².